The van der Waals surface area contributed by atoms with E-state index in [-0.39, 0.29) is 5.60 Å². The summed E-state index contributed by atoms with van der Waals surface area (Å²) in [5.74, 6) is 0.588. The second-order valence-corrected chi connectivity index (χ2v) is 5.80. The van der Waals surface area contributed by atoms with Gasteiger partial charge in [0.2, 0.25) is 0 Å². The minimum absolute atomic E-state index is 0.0276. The van der Waals surface area contributed by atoms with Gasteiger partial charge < -0.3 is 14.8 Å². The monoisotopic (exact) mass is 265 g/mol. The standard InChI is InChI=1S/C14H23N3O2/c1-15-13(12-8-16-17(2)9-12)11-3-5-19-14(7-11)4-6-18-10-14/h8-9,11,13,15H,3-7,10H2,1-2H3. The zero-order valence-electron chi connectivity index (χ0n) is 11.8. The molecule has 2 fully saturated rings. The molecule has 106 valence electrons. The zero-order chi connectivity index (χ0) is 13.3. The van der Waals surface area contributed by atoms with Gasteiger partial charge in [0, 0.05) is 44.5 Å². The van der Waals surface area contributed by atoms with Crippen LogP contribution in [0.5, 0.6) is 0 Å². The van der Waals surface area contributed by atoms with Crippen LogP contribution in [0.1, 0.15) is 30.9 Å². The van der Waals surface area contributed by atoms with Gasteiger partial charge in [-0.3, -0.25) is 4.68 Å². The molecule has 2 saturated heterocycles. The molecule has 0 radical (unpaired) electrons. The minimum Gasteiger partial charge on any atom is -0.378 e. The second kappa shape index (κ2) is 5.23. The molecule has 1 aromatic rings. The zero-order valence-corrected chi connectivity index (χ0v) is 11.8. The van der Waals surface area contributed by atoms with Gasteiger partial charge >= 0.3 is 0 Å². The van der Waals surface area contributed by atoms with Gasteiger partial charge in [0.05, 0.1) is 18.4 Å². The van der Waals surface area contributed by atoms with Crippen molar-refractivity contribution in [1.82, 2.24) is 15.1 Å². The first-order valence-corrected chi connectivity index (χ1v) is 7.10. The van der Waals surface area contributed by atoms with Gasteiger partial charge in [0.15, 0.2) is 0 Å². The fourth-order valence-corrected chi connectivity index (χ4v) is 3.49. The van der Waals surface area contributed by atoms with E-state index >= 15 is 0 Å². The van der Waals surface area contributed by atoms with Crippen LogP contribution in [0.2, 0.25) is 0 Å². The van der Waals surface area contributed by atoms with Crippen molar-refractivity contribution in [2.45, 2.75) is 30.9 Å². The largest absolute Gasteiger partial charge is 0.378 e. The molecule has 0 amide bonds. The Morgan fingerprint density at radius 1 is 1.53 bits per heavy atom. The second-order valence-electron chi connectivity index (χ2n) is 5.80. The number of aromatic nitrogens is 2. The van der Waals surface area contributed by atoms with Crippen LogP contribution in [0.4, 0.5) is 0 Å². The molecule has 0 aromatic carbocycles. The molecule has 1 N–H and O–H groups in total. The molecule has 5 nitrogen and oxygen atoms in total. The molecule has 0 saturated carbocycles. The highest BCUT2D eigenvalue weighted by Gasteiger charge is 2.43. The Kier molecular flexibility index (Phi) is 3.60. The molecule has 2 aliphatic heterocycles. The first kappa shape index (κ1) is 13.1. The van der Waals surface area contributed by atoms with E-state index < -0.39 is 0 Å². The first-order chi connectivity index (χ1) is 9.22. The molecule has 19 heavy (non-hydrogen) atoms. The minimum atomic E-state index is -0.0276. The lowest BCUT2D eigenvalue weighted by Crippen LogP contribution is -2.43. The van der Waals surface area contributed by atoms with Crippen LogP contribution in [-0.2, 0) is 16.5 Å². The Morgan fingerprint density at radius 2 is 2.42 bits per heavy atom. The Balaban J connectivity index is 1.76. The summed E-state index contributed by atoms with van der Waals surface area (Å²) < 4.78 is 13.4. The number of ether oxygens (including phenoxy) is 2. The predicted molar refractivity (Wildman–Crippen MR) is 71.9 cm³/mol. The van der Waals surface area contributed by atoms with Crippen LogP contribution in [-0.4, -0.2) is 42.2 Å². The molecule has 2 aliphatic rings. The number of aryl methyl sites for hydroxylation is 1. The van der Waals surface area contributed by atoms with Crippen molar-refractivity contribution in [1.29, 1.82) is 0 Å². The average Bonchev–Trinajstić information content (AvgIpc) is 3.01. The first-order valence-electron chi connectivity index (χ1n) is 7.10. The maximum Gasteiger partial charge on any atom is 0.0940 e. The van der Waals surface area contributed by atoms with E-state index in [1.54, 1.807) is 0 Å². The Bertz CT molecular complexity index is 426. The molecular weight excluding hydrogens is 242 g/mol. The van der Waals surface area contributed by atoms with Gasteiger partial charge in [-0.2, -0.15) is 5.10 Å². The summed E-state index contributed by atoms with van der Waals surface area (Å²) in [6.07, 6.45) is 7.28. The summed E-state index contributed by atoms with van der Waals surface area (Å²) in [5, 5.41) is 7.75. The lowest BCUT2D eigenvalue weighted by Gasteiger charge is -2.40. The molecule has 3 atom stereocenters. The molecule has 1 spiro atoms. The number of rotatable bonds is 3. The maximum atomic E-state index is 6.02. The van der Waals surface area contributed by atoms with E-state index in [1.807, 2.05) is 25.0 Å². The van der Waals surface area contributed by atoms with Crippen LogP contribution >= 0.6 is 0 Å². The Labute approximate surface area is 114 Å². The van der Waals surface area contributed by atoms with Crippen molar-refractivity contribution in [2.75, 3.05) is 26.9 Å². The smallest absolute Gasteiger partial charge is 0.0940 e. The third-order valence-electron chi connectivity index (χ3n) is 4.46. The molecule has 5 heteroatoms. The summed E-state index contributed by atoms with van der Waals surface area (Å²) in [4.78, 5) is 0. The van der Waals surface area contributed by atoms with Crippen LogP contribution in [0, 0.1) is 5.92 Å². The SMILES string of the molecule is CNC(c1cnn(C)c1)C1CCOC2(CCOC2)C1. The summed E-state index contributed by atoms with van der Waals surface area (Å²) in [6, 6.07) is 0.357. The molecule has 1 aromatic heterocycles. The van der Waals surface area contributed by atoms with Crippen LogP contribution in [0.25, 0.3) is 0 Å². The molecule has 0 aliphatic carbocycles. The van der Waals surface area contributed by atoms with E-state index in [2.05, 4.69) is 16.6 Å². The number of nitrogens with one attached hydrogen (secondary N) is 1. The van der Waals surface area contributed by atoms with Crippen molar-refractivity contribution in [3.63, 3.8) is 0 Å². The number of hydrogen-bond acceptors (Lipinski definition) is 4. The Morgan fingerprint density at radius 3 is 3.05 bits per heavy atom. The van der Waals surface area contributed by atoms with Crippen molar-refractivity contribution in [3.05, 3.63) is 18.0 Å². The van der Waals surface area contributed by atoms with Crippen molar-refractivity contribution >= 4 is 0 Å². The van der Waals surface area contributed by atoms with Gasteiger partial charge in [0.25, 0.3) is 0 Å². The normalized spacial score (nSPS) is 32.8. The summed E-state index contributed by atoms with van der Waals surface area (Å²) in [5.41, 5.74) is 1.24. The quantitative estimate of drug-likeness (QED) is 0.894. The third-order valence-corrected chi connectivity index (χ3v) is 4.46. The summed E-state index contributed by atoms with van der Waals surface area (Å²) >= 11 is 0. The lowest BCUT2D eigenvalue weighted by atomic mass is 9.79. The molecule has 3 heterocycles. The molecule has 3 unspecified atom stereocenters. The van der Waals surface area contributed by atoms with Gasteiger partial charge in [-0.15, -0.1) is 0 Å². The fraction of sp³-hybridized carbons (Fsp3) is 0.786. The van der Waals surface area contributed by atoms with E-state index in [1.165, 1.54) is 5.56 Å². The van der Waals surface area contributed by atoms with E-state index in [0.29, 0.717) is 12.0 Å². The summed E-state index contributed by atoms with van der Waals surface area (Å²) in [6.45, 7) is 2.43. The van der Waals surface area contributed by atoms with E-state index in [0.717, 1.165) is 39.1 Å². The van der Waals surface area contributed by atoms with Gasteiger partial charge in [-0.25, -0.2) is 0 Å². The van der Waals surface area contributed by atoms with Crippen molar-refractivity contribution < 1.29 is 9.47 Å². The number of hydrogen-bond donors (Lipinski definition) is 1. The molecule has 0 bridgehead atoms. The molecular formula is C14H23N3O2. The maximum absolute atomic E-state index is 6.02. The van der Waals surface area contributed by atoms with Gasteiger partial charge in [-0.05, 0) is 25.8 Å². The van der Waals surface area contributed by atoms with Crippen LogP contribution in [0.15, 0.2) is 12.4 Å². The van der Waals surface area contributed by atoms with Crippen molar-refractivity contribution in [2.24, 2.45) is 13.0 Å². The molecule has 3 rings (SSSR count). The predicted octanol–water partition coefficient (Wildman–Crippen LogP) is 1.27. The topological polar surface area (TPSA) is 48.3 Å². The van der Waals surface area contributed by atoms with Crippen LogP contribution < -0.4 is 5.32 Å². The highest BCUT2D eigenvalue weighted by Crippen LogP contribution is 2.40. The number of nitrogens with zero attached hydrogens (tertiary/aromatic N) is 2. The lowest BCUT2D eigenvalue weighted by molar-refractivity contribution is -0.103. The van der Waals surface area contributed by atoms with Crippen molar-refractivity contribution in [3.8, 4) is 0 Å². The highest BCUT2D eigenvalue weighted by molar-refractivity contribution is 5.12. The van der Waals surface area contributed by atoms with Gasteiger partial charge in [0.1, 0.15) is 0 Å². The average molecular weight is 265 g/mol. The van der Waals surface area contributed by atoms with E-state index in [9.17, 15) is 0 Å². The highest BCUT2D eigenvalue weighted by atomic mass is 16.6. The Hall–Kier alpha value is -0.910. The fourth-order valence-electron chi connectivity index (χ4n) is 3.49. The van der Waals surface area contributed by atoms with Gasteiger partial charge in [-0.1, -0.05) is 0 Å². The summed E-state index contributed by atoms with van der Waals surface area (Å²) in [7, 11) is 4.00. The van der Waals surface area contributed by atoms with Crippen LogP contribution in [0.3, 0.4) is 0 Å². The third kappa shape index (κ3) is 2.55. The van der Waals surface area contributed by atoms with E-state index in [4.69, 9.17) is 9.47 Å².